The first-order valence-corrected chi connectivity index (χ1v) is 6.38. The number of benzene rings is 1. The first kappa shape index (κ1) is 13.9. The van der Waals surface area contributed by atoms with E-state index in [1.54, 1.807) is 6.07 Å². The van der Waals surface area contributed by atoms with Gasteiger partial charge >= 0.3 is 6.36 Å². The summed E-state index contributed by atoms with van der Waals surface area (Å²) >= 11 is 0. The third-order valence-corrected chi connectivity index (χ3v) is 3.14. The molecular weight excluding hydrogens is 287 g/mol. The molecule has 112 valence electrons. The molecule has 1 atom stereocenters. The summed E-state index contributed by atoms with van der Waals surface area (Å²) in [5, 5.41) is 3.74. The van der Waals surface area contributed by atoms with Gasteiger partial charge in [-0.3, -0.25) is 0 Å². The molecule has 21 heavy (non-hydrogen) atoms. The zero-order valence-electron chi connectivity index (χ0n) is 10.8. The maximum Gasteiger partial charge on any atom is 0.573 e. The number of alkyl halides is 3. The van der Waals surface area contributed by atoms with E-state index in [4.69, 9.17) is 10.3 Å². The Morgan fingerprint density at radius 3 is 2.67 bits per heavy atom. The van der Waals surface area contributed by atoms with Crippen LogP contribution in [0.1, 0.15) is 42.1 Å². The van der Waals surface area contributed by atoms with E-state index in [2.05, 4.69) is 14.9 Å². The lowest BCUT2D eigenvalue weighted by Crippen LogP contribution is -2.21. The zero-order valence-corrected chi connectivity index (χ0v) is 10.8. The van der Waals surface area contributed by atoms with Crippen molar-refractivity contribution < 1.29 is 22.4 Å². The Bertz CT molecular complexity index is 638. The van der Waals surface area contributed by atoms with Crippen molar-refractivity contribution in [1.82, 2.24) is 10.1 Å². The molecule has 2 aromatic rings. The largest absolute Gasteiger partial charge is 0.573 e. The Balaban J connectivity index is 1.87. The number of hydrogen-bond donors (Lipinski definition) is 1. The number of hydrogen-bond acceptors (Lipinski definition) is 5. The fourth-order valence-electron chi connectivity index (χ4n) is 1.96. The number of nitrogens with two attached hydrogens (primary N) is 1. The Kier molecular flexibility index (Phi) is 3.32. The Hall–Kier alpha value is -2.09. The highest BCUT2D eigenvalue weighted by Gasteiger charge is 2.34. The minimum Gasteiger partial charge on any atom is -0.405 e. The summed E-state index contributed by atoms with van der Waals surface area (Å²) in [7, 11) is 0. The van der Waals surface area contributed by atoms with Gasteiger partial charge in [0.2, 0.25) is 5.89 Å². The minimum atomic E-state index is -4.79. The highest BCUT2D eigenvalue weighted by molar-refractivity contribution is 5.38. The van der Waals surface area contributed by atoms with Gasteiger partial charge in [-0.25, -0.2) is 0 Å². The van der Waals surface area contributed by atoms with Crippen LogP contribution in [0.25, 0.3) is 0 Å². The van der Waals surface area contributed by atoms with E-state index in [0.717, 1.165) is 12.8 Å². The number of halogens is 3. The van der Waals surface area contributed by atoms with Crippen molar-refractivity contribution in [2.75, 3.05) is 0 Å². The fourth-order valence-corrected chi connectivity index (χ4v) is 1.96. The van der Waals surface area contributed by atoms with Gasteiger partial charge in [0, 0.05) is 11.5 Å². The number of para-hydroxylation sites is 1. The van der Waals surface area contributed by atoms with Gasteiger partial charge in [-0.1, -0.05) is 23.4 Å². The molecule has 2 N–H and O–H groups in total. The lowest BCUT2D eigenvalue weighted by atomic mass is 10.1. The van der Waals surface area contributed by atoms with Crippen LogP contribution in [0.15, 0.2) is 28.8 Å². The summed E-state index contributed by atoms with van der Waals surface area (Å²) in [5.74, 6) is 0.514. The van der Waals surface area contributed by atoms with E-state index in [0.29, 0.717) is 5.89 Å². The van der Waals surface area contributed by atoms with Gasteiger partial charge in [-0.2, -0.15) is 4.98 Å². The number of rotatable bonds is 4. The number of aromatic nitrogens is 2. The van der Waals surface area contributed by atoms with E-state index in [1.807, 2.05) is 0 Å². The molecule has 0 spiro atoms. The first-order valence-electron chi connectivity index (χ1n) is 6.38. The van der Waals surface area contributed by atoms with Crippen LogP contribution in [0.4, 0.5) is 13.2 Å². The highest BCUT2D eigenvalue weighted by Crippen LogP contribution is 2.39. The van der Waals surface area contributed by atoms with E-state index in [9.17, 15) is 13.2 Å². The van der Waals surface area contributed by atoms with Crippen molar-refractivity contribution >= 4 is 0 Å². The van der Waals surface area contributed by atoms with Crippen molar-refractivity contribution in [3.63, 3.8) is 0 Å². The molecule has 0 radical (unpaired) electrons. The molecule has 1 aliphatic rings. The maximum absolute atomic E-state index is 12.4. The molecule has 5 nitrogen and oxygen atoms in total. The molecule has 3 rings (SSSR count). The molecule has 0 amide bonds. The topological polar surface area (TPSA) is 74.2 Å². The molecule has 8 heteroatoms. The van der Waals surface area contributed by atoms with Gasteiger partial charge in [0.15, 0.2) is 5.82 Å². The van der Waals surface area contributed by atoms with Crippen LogP contribution in [0, 0.1) is 0 Å². The van der Waals surface area contributed by atoms with Crippen LogP contribution in [0.3, 0.4) is 0 Å². The Morgan fingerprint density at radius 1 is 1.29 bits per heavy atom. The average Bonchev–Trinajstić information content (AvgIpc) is 3.15. The molecule has 1 aromatic heterocycles. The molecule has 1 saturated carbocycles. The van der Waals surface area contributed by atoms with Crippen molar-refractivity contribution in [2.45, 2.75) is 31.2 Å². The molecule has 1 aliphatic carbocycles. The highest BCUT2D eigenvalue weighted by atomic mass is 19.4. The smallest absolute Gasteiger partial charge is 0.405 e. The Morgan fingerprint density at radius 2 is 2.00 bits per heavy atom. The number of ether oxygens (including phenoxy) is 1. The van der Waals surface area contributed by atoms with Crippen LogP contribution in [-0.2, 0) is 0 Å². The van der Waals surface area contributed by atoms with Crippen LogP contribution in [0.5, 0.6) is 5.75 Å². The monoisotopic (exact) mass is 299 g/mol. The maximum atomic E-state index is 12.4. The van der Waals surface area contributed by atoms with Crippen LogP contribution >= 0.6 is 0 Å². The van der Waals surface area contributed by atoms with Gasteiger partial charge in [-0.05, 0) is 18.9 Å². The van der Waals surface area contributed by atoms with E-state index < -0.39 is 12.4 Å². The molecule has 1 fully saturated rings. The Labute approximate surface area is 117 Å². The van der Waals surface area contributed by atoms with E-state index in [-0.39, 0.29) is 23.1 Å². The van der Waals surface area contributed by atoms with Gasteiger partial charge in [0.25, 0.3) is 0 Å². The van der Waals surface area contributed by atoms with Gasteiger partial charge in [-0.15, -0.1) is 13.2 Å². The SMILES string of the molecule is NC(c1noc(C2CC2)n1)c1ccccc1OC(F)(F)F. The van der Waals surface area contributed by atoms with Crippen molar-refractivity contribution in [1.29, 1.82) is 0 Å². The van der Waals surface area contributed by atoms with Crippen molar-refractivity contribution in [2.24, 2.45) is 5.73 Å². The normalized spacial score (nSPS) is 16.8. The summed E-state index contributed by atoms with van der Waals surface area (Å²) in [4.78, 5) is 4.15. The van der Waals surface area contributed by atoms with Gasteiger partial charge in [0.05, 0.1) is 6.04 Å². The summed E-state index contributed by atoms with van der Waals surface area (Å²) < 4.78 is 46.2. The third kappa shape index (κ3) is 3.15. The summed E-state index contributed by atoms with van der Waals surface area (Å²) in [5.41, 5.74) is 6.09. The third-order valence-electron chi connectivity index (χ3n) is 3.14. The molecule has 0 saturated heterocycles. The van der Waals surface area contributed by atoms with E-state index in [1.165, 1.54) is 18.2 Å². The summed E-state index contributed by atoms with van der Waals surface area (Å²) in [6.45, 7) is 0. The van der Waals surface area contributed by atoms with Crippen LogP contribution in [-0.4, -0.2) is 16.5 Å². The lowest BCUT2D eigenvalue weighted by molar-refractivity contribution is -0.274. The second-order valence-corrected chi connectivity index (χ2v) is 4.83. The van der Waals surface area contributed by atoms with Gasteiger partial charge in [0.1, 0.15) is 5.75 Å². The number of nitrogens with zero attached hydrogens (tertiary/aromatic N) is 2. The molecule has 0 aliphatic heterocycles. The predicted molar refractivity (Wildman–Crippen MR) is 65.4 cm³/mol. The second-order valence-electron chi connectivity index (χ2n) is 4.83. The van der Waals surface area contributed by atoms with Crippen molar-refractivity contribution in [3.8, 4) is 5.75 Å². The molecular formula is C13H12F3N3O2. The zero-order chi connectivity index (χ0) is 15.0. The quantitative estimate of drug-likeness (QED) is 0.939. The molecule has 1 heterocycles. The van der Waals surface area contributed by atoms with Crippen molar-refractivity contribution in [3.05, 3.63) is 41.5 Å². The molecule has 0 bridgehead atoms. The standard InChI is InChI=1S/C13H12F3N3O2/c14-13(15,16)20-9-4-2-1-3-8(9)10(17)11-18-12(21-19-11)7-5-6-7/h1-4,7,10H,5-6,17H2. The van der Waals surface area contributed by atoms with E-state index >= 15 is 0 Å². The van der Waals surface area contributed by atoms with Crippen LogP contribution < -0.4 is 10.5 Å². The van der Waals surface area contributed by atoms with Gasteiger partial charge < -0.3 is 15.0 Å². The first-order chi connectivity index (χ1) is 9.94. The minimum absolute atomic E-state index is 0.148. The average molecular weight is 299 g/mol. The second kappa shape index (κ2) is 5.03. The molecule has 1 unspecified atom stereocenters. The summed E-state index contributed by atoms with van der Waals surface area (Å²) in [6, 6.07) is 4.70. The summed E-state index contributed by atoms with van der Waals surface area (Å²) in [6.07, 6.45) is -2.83. The van der Waals surface area contributed by atoms with Crippen LogP contribution in [0.2, 0.25) is 0 Å². The lowest BCUT2D eigenvalue weighted by Gasteiger charge is -2.15. The fraction of sp³-hybridized carbons (Fsp3) is 0.385. The predicted octanol–water partition coefficient (Wildman–Crippen LogP) is 2.89. The molecule has 1 aromatic carbocycles.